The van der Waals surface area contributed by atoms with Gasteiger partial charge in [0.15, 0.2) is 0 Å². The molecule has 3 aliphatic rings. The predicted molar refractivity (Wildman–Crippen MR) is 207 cm³/mol. The number of methoxy groups -OCH3 is 1. The molecule has 284 valence electrons. The normalized spacial score (nSPS) is 25.0. The average molecular weight is 801 g/mol. The predicted octanol–water partition coefficient (Wildman–Crippen LogP) is 4.93. The minimum absolute atomic E-state index is 0.124. The zero-order valence-electron chi connectivity index (χ0n) is 30.2. The number of anilines is 1. The lowest BCUT2D eigenvalue weighted by Gasteiger charge is -2.39. The maximum atomic E-state index is 15.1. The van der Waals surface area contributed by atoms with Gasteiger partial charge in [-0.05, 0) is 54.7 Å². The van der Waals surface area contributed by atoms with Crippen LogP contribution in [-0.4, -0.2) is 89.2 Å². The van der Waals surface area contributed by atoms with Crippen molar-refractivity contribution in [3.8, 4) is 5.75 Å². The van der Waals surface area contributed by atoms with Crippen LogP contribution in [0.2, 0.25) is 0 Å². The Morgan fingerprint density at radius 2 is 1.74 bits per heavy atom. The van der Waals surface area contributed by atoms with Gasteiger partial charge in [0.1, 0.15) is 24.0 Å². The van der Waals surface area contributed by atoms with Crippen molar-refractivity contribution in [2.45, 2.75) is 60.3 Å². The fourth-order valence-electron chi connectivity index (χ4n) is 8.18. The van der Waals surface area contributed by atoms with Crippen molar-refractivity contribution < 1.29 is 38.5 Å². The van der Waals surface area contributed by atoms with Crippen molar-refractivity contribution in [2.75, 3.05) is 31.8 Å². The largest absolute Gasteiger partial charge is 0.497 e. The Bertz CT molecular complexity index is 1830. The van der Waals surface area contributed by atoms with Crippen molar-refractivity contribution in [3.05, 3.63) is 121 Å². The standard InChI is InChI=1S/C42H46BrN3O8/c1-4-6-17-34(48)53-26-33(28-15-11-8-12-16-28)44-39(49)35-36-40(50)46(30(25-47)23-27-13-9-7-10-14-27)38(42(36)24-32(43)37(35)54-42)41(51)45(22-5-2)29-18-20-31(52-3)21-19-29/h4-5,7-16,18-21,30,32-33,35-38,47H,1-2,6,17,22-26H2,3H3,(H,44,49)/t30-,32?,33+,35-,36+,37-,38-,42+/m1/s1. The van der Waals surface area contributed by atoms with E-state index in [0.717, 1.165) is 5.56 Å². The molecule has 3 heterocycles. The molecule has 3 saturated heterocycles. The summed E-state index contributed by atoms with van der Waals surface area (Å²) < 4.78 is 17.7. The Hall–Kier alpha value is -4.78. The van der Waals surface area contributed by atoms with Crippen molar-refractivity contribution in [2.24, 2.45) is 11.8 Å². The van der Waals surface area contributed by atoms with Crippen molar-refractivity contribution in [1.29, 1.82) is 0 Å². The summed E-state index contributed by atoms with van der Waals surface area (Å²) in [6, 6.07) is 22.9. The first-order chi connectivity index (χ1) is 26.2. The lowest BCUT2D eigenvalue weighted by molar-refractivity contribution is -0.146. The SMILES string of the molecule is C=CCCC(=O)OC[C@H](NC(=O)[C@H]1[C@@H]2O[C@@]3(CC2Br)[C@@H]1C(=O)N([C@@H](CO)Cc1ccccc1)[C@@H]3C(=O)N(CC=C)c1ccc(OC)cc1)c1ccccc1. The van der Waals surface area contributed by atoms with E-state index in [-0.39, 0.29) is 37.2 Å². The van der Waals surface area contributed by atoms with E-state index in [4.69, 9.17) is 14.2 Å². The van der Waals surface area contributed by atoms with Crippen LogP contribution in [0.25, 0.3) is 0 Å². The van der Waals surface area contributed by atoms with Gasteiger partial charge < -0.3 is 34.4 Å². The molecule has 0 radical (unpaired) electrons. The number of likely N-dealkylation sites (tertiary alicyclic amines) is 1. The Morgan fingerprint density at radius 1 is 1.06 bits per heavy atom. The summed E-state index contributed by atoms with van der Waals surface area (Å²) in [6.45, 7) is 7.13. The molecular formula is C42H46BrN3O8. The van der Waals surface area contributed by atoms with Crippen molar-refractivity contribution >= 4 is 45.3 Å². The topological polar surface area (TPSA) is 135 Å². The average Bonchev–Trinajstić information content (AvgIpc) is 3.80. The van der Waals surface area contributed by atoms with E-state index in [0.29, 0.717) is 23.4 Å². The molecule has 8 atom stereocenters. The van der Waals surface area contributed by atoms with Crippen molar-refractivity contribution in [3.63, 3.8) is 0 Å². The Labute approximate surface area is 324 Å². The summed E-state index contributed by atoms with van der Waals surface area (Å²) >= 11 is 3.76. The fraction of sp³-hybridized carbons (Fsp3) is 0.381. The molecule has 0 saturated carbocycles. The molecule has 0 aliphatic carbocycles. The third kappa shape index (κ3) is 7.60. The highest BCUT2D eigenvalue weighted by Gasteiger charge is 2.77. The second-order valence-electron chi connectivity index (χ2n) is 13.9. The van der Waals surface area contributed by atoms with Gasteiger partial charge in [-0.15, -0.1) is 13.2 Å². The number of ether oxygens (including phenoxy) is 3. The van der Waals surface area contributed by atoms with Gasteiger partial charge in [-0.25, -0.2) is 0 Å². The van der Waals surface area contributed by atoms with E-state index in [1.807, 2.05) is 60.7 Å². The molecule has 3 aromatic rings. The van der Waals surface area contributed by atoms with Gasteiger partial charge in [0.2, 0.25) is 11.8 Å². The number of amides is 3. The van der Waals surface area contributed by atoms with Crippen LogP contribution in [-0.2, 0) is 35.1 Å². The van der Waals surface area contributed by atoms with Crippen LogP contribution in [0.5, 0.6) is 5.75 Å². The number of nitrogens with one attached hydrogen (secondary N) is 1. The smallest absolute Gasteiger partial charge is 0.306 e. The molecule has 2 bridgehead atoms. The molecule has 3 aromatic carbocycles. The fourth-order valence-corrected chi connectivity index (χ4v) is 9.12. The molecule has 1 spiro atoms. The van der Waals surface area contributed by atoms with Gasteiger partial charge >= 0.3 is 5.97 Å². The monoisotopic (exact) mass is 799 g/mol. The molecule has 12 heteroatoms. The Morgan fingerprint density at radius 3 is 2.37 bits per heavy atom. The minimum atomic E-state index is -1.40. The van der Waals surface area contributed by atoms with Gasteiger partial charge in [-0.2, -0.15) is 0 Å². The highest BCUT2D eigenvalue weighted by Crippen LogP contribution is 2.60. The number of nitrogens with zero attached hydrogens (tertiary/aromatic N) is 2. The second kappa shape index (κ2) is 17.1. The number of hydrogen-bond acceptors (Lipinski definition) is 8. The van der Waals surface area contributed by atoms with E-state index in [2.05, 4.69) is 34.4 Å². The van der Waals surface area contributed by atoms with Crippen LogP contribution in [0.15, 0.2) is 110 Å². The maximum absolute atomic E-state index is 15.1. The number of aliphatic hydroxyl groups is 1. The molecule has 0 aromatic heterocycles. The molecule has 6 rings (SSSR count). The van der Waals surface area contributed by atoms with Crippen LogP contribution in [0, 0.1) is 11.8 Å². The summed E-state index contributed by atoms with van der Waals surface area (Å²) in [5.41, 5.74) is 0.744. The summed E-state index contributed by atoms with van der Waals surface area (Å²) in [7, 11) is 1.56. The van der Waals surface area contributed by atoms with E-state index in [1.165, 1.54) is 4.90 Å². The minimum Gasteiger partial charge on any atom is -0.497 e. The molecular weight excluding hydrogens is 754 g/mol. The Balaban J connectivity index is 1.38. The number of rotatable bonds is 17. The quantitative estimate of drug-likeness (QED) is 0.112. The number of allylic oxidation sites excluding steroid dienone is 1. The lowest BCUT2D eigenvalue weighted by Crippen LogP contribution is -2.59. The number of aliphatic hydroxyl groups excluding tert-OH is 1. The summed E-state index contributed by atoms with van der Waals surface area (Å²) in [5.74, 6) is -3.17. The third-order valence-corrected chi connectivity index (χ3v) is 11.5. The maximum Gasteiger partial charge on any atom is 0.306 e. The number of alkyl halides is 1. The third-order valence-electron chi connectivity index (χ3n) is 10.6. The van der Waals surface area contributed by atoms with E-state index >= 15 is 9.59 Å². The Kier molecular flexibility index (Phi) is 12.4. The molecule has 3 fully saturated rings. The van der Waals surface area contributed by atoms with E-state index in [1.54, 1.807) is 48.4 Å². The van der Waals surface area contributed by atoms with Gasteiger partial charge in [0.05, 0.1) is 43.7 Å². The van der Waals surface area contributed by atoms with E-state index < -0.39 is 72.0 Å². The molecule has 54 heavy (non-hydrogen) atoms. The number of hydrogen-bond donors (Lipinski definition) is 2. The zero-order chi connectivity index (χ0) is 38.4. The molecule has 1 unspecified atom stereocenters. The first kappa shape index (κ1) is 38.9. The number of esters is 1. The van der Waals surface area contributed by atoms with Gasteiger partial charge in [-0.1, -0.05) is 88.7 Å². The summed E-state index contributed by atoms with van der Waals surface area (Å²) in [6.07, 6.45) is 3.66. The highest BCUT2D eigenvalue weighted by atomic mass is 79.9. The van der Waals surface area contributed by atoms with Crippen LogP contribution in [0.1, 0.15) is 36.4 Å². The second-order valence-corrected chi connectivity index (χ2v) is 15.0. The summed E-state index contributed by atoms with van der Waals surface area (Å²) in [4.78, 5) is 59.9. The number of benzene rings is 3. The number of carbonyl (C=O) groups is 4. The van der Waals surface area contributed by atoms with Gasteiger partial charge in [0, 0.05) is 23.5 Å². The van der Waals surface area contributed by atoms with E-state index in [9.17, 15) is 14.7 Å². The first-order valence-corrected chi connectivity index (χ1v) is 19.1. The number of fused-ring (bicyclic) bond motifs is 1. The molecule has 11 nitrogen and oxygen atoms in total. The van der Waals surface area contributed by atoms with Crippen LogP contribution >= 0.6 is 15.9 Å². The number of carbonyl (C=O) groups excluding carboxylic acids is 4. The molecule has 2 N–H and O–H groups in total. The lowest BCUT2D eigenvalue weighted by atomic mass is 9.70. The molecule has 3 aliphatic heterocycles. The van der Waals surface area contributed by atoms with Crippen molar-refractivity contribution in [1.82, 2.24) is 10.2 Å². The zero-order valence-corrected chi connectivity index (χ0v) is 31.8. The highest BCUT2D eigenvalue weighted by molar-refractivity contribution is 9.09. The summed E-state index contributed by atoms with van der Waals surface area (Å²) in [5, 5.41) is 14.0. The number of halogens is 1. The molecule has 3 amide bonds. The van der Waals surface area contributed by atoms with Crippen LogP contribution in [0.4, 0.5) is 5.69 Å². The van der Waals surface area contributed by atoms with Crippen LogP contribution < -0.4 is 15.0 Å². The van der Waals surface area contributed by atoms with Crippen LogP contribution in [0.3, 0.4) is 0 Å². The van der Waals surface area contributed by atoms with Gasteiger partial charge in [0.25, 0.3) is 5.91 Å². The van der Waals surface area contributed by atoms with Gasteiger partial charge in [-0.3, -0.25) is 19.2 Å². The first-order valence-electron chi connectivity index (χ1n) is 18.1.